The van der Waals surface area contributed by atoms with Gasteiger partial charge in [0.05, 0.1) is 5.54 Å². The first kappa shape index (κ1) is 13.9. The van der Waals surface area contributed by atoms with Gasteiger partial charge in [-0.2, -0.15) is 0 Å². The molecule has 2 N–H and O–H groups in total. The monoisotopic (exact) mass is 272 g/mol. The van der Waals surface area contributed by atoms with Gasteiger partial charge in [-0.1, -0.05) is 44.9 Å². The molecule has 3 rings (SSSR count). The van der Waals surface area contributed by atoms with E-state index in [1.807, 2.05) is 0 Å². The summed E-state index contributed by atoms with van der Waals surface area (Å²) in [5.74, 6) is 0. The van der Waals surface area contributed by atoms with E-state index in [1.165, 1.54) is 49.8 Å². The molecule has 1 saturated carbocycles. The van der Waals surface area contributed by atoms with Crippen LogP contribution >= 0.6 is 0 Å². The molecule has 1 heterocycles. The standard InChI is InChI=1S/C18H28N2/c1-17(2)11-5-6-12-18(17,14-19)20-13-7-9-15-8-3-4-10-16(15)20/h3-4,8,10H,5-7,9,11-14,19H2,1-2H3. The number of nitrogens with zero attached hydrogens (tertiary/aromatic N) is 1. The first-order chi connectivity index (χ1) is 9.61. The van der Waals surface area contributed by atoms with Crippen LogP contribution in [0.2, 0.25) is 0 Å². The number of hydrogen-bond acceptors (Lipinski definition) is 2. The summed E-state index contributed by atoms with van der Waals surface area (Å²) >= 11 is 0. The van der Waals surface area contributed by atoms with Gasteiger partial charge in [0.25, 0.3) is 0 Å². The summed E-state index contributed by atoms with van der Waals surface area (Å²) in [6, 6.07) is 8.94. The van der Waals surface area contributed by atoms with Gasteiger partial charge in [-0.25, -0.2) is 0 Å². The van der Waals surface area contributed by atoms with E-state index in [-0.39, 0.29) is 5.54 Å². The predicted octanol–water partition coefficient (Wildman–Crippen LogP) is 3.74. The lowest BCUT2D eigenvalue weighted by Crippen LogP contribution is -2.65. The zero-order valence-corrected chi connectivity index (χ0v) is 13.0. The van der Waals surface area contributed by atoms with Crippen LogP contribution in [-0.4, -0.2) is 18.6 Å². The molecule has 0 aromatic heterocycles. The van der Waals surface area contributed by atoms with Gasteiger partial charge in [0.2, 0.25) is 0 Å². The van der Waals surface area contributed by atoms with Gasteiger partial charge in [0.15, 0.2) is 0 Å². The Balaban J connectivity index is 2.06. The lowest BCUT2D eigenvalue weighted by atomic mass is 9.61. The highest BCUT2D eigenvalue weighted by Crippen LogP contribution is 2.49. The number of nitrogens with two attached hydrogens (primary N) is 1. The first-order valence-corrected chi connectivity index (χ1v) is 8.16. The van der Waals surface area contributed by atoms with Crippen LogP contribution in [0, 0.1) is 5.41 Å². The molecule has 1 fully saturated rings. The molecule has 2 heteroatoms. The second kappa shape index (κ2) is 5.07. The number of aryl methyl sites for hydroxylation is 1. The fourth-order valence-corrected chi connectivity index (χ4v) is 4.52. The molecule has 1 unspecified atom stereocenters. The predicted molar refractivity (Wildman–Crippen MR) is 86.1 cm³/mol. The highest BCUT2D eigenvalue weighted by Gasteiger charge is 2.50. The van der Waals surface area contributed by atoms with E-state index in [9.17, 15) is 0 Å². The molecule has 1 aliphatic carbocycles. The summed E-state index contributed by atoms with van der Waals surface area (Å²) in [7, 11) is 0. The minimum Gasteiger partial charge on any atom is -0.364 e. The number of hydrogen-bond donors (Lipinski definition) is 1. The maximum absolute atomic E-state index is 6.36. The molecular formula is C18H28N2. The second-order valence-electron chi connectivity index (χ2n) is 7.21. The molecule has 0 saturated heterocycles. The molecule has 20 heavy (non-hydrogen) atoms. The molecule has 1 aliphatic heterocycles. The normalized spacial score (nSPS) is 29.1. The van der Waals surface area contributed by atoms with E-state index in [2.05, 4.69) is 43.0 Å². The molecule has 1 aromatic rings. The van der Waals surface area contributed by atoms with Crippen LogP contribution < -0.4 is 10.6 Å². The van der Waals surface area contributed by atoms with Crippen molar-refractivity contribution < 1.29 is 0 Å². The minimum absolute atomic E-state index is 0.141. The van der Waals surface area contributed by atoms with Gasteiger partial charge < -0.3 is 10.6 Å². The zero-order valence-electron chi connectivity index (χ0n) is 13.0. The molecule has 0 amide bonds. The van der Waals surface area contributed by atoms with Gasteiger partial charge in [0, 0.05) is 18.8 Å². The van der Waals surface area contributed by atoms with Crippen LogP contribution in [0.15, 0.2) is 24.3 Å². The second-order valence-corrected chi connectivity index (χ2v) is 7.21. The average Bonchev–Trinajstić information content (AvgIpc) is 2.47. The van der Waals surface area contributed by atoms with Crippen molar-refractivity contribution in [1.82, 2.24) is 0 Å². The summed E-state index contributed by atoms with van der Waals surface area (Å²) in [6.45, 7) is 6.79. The Morgan fingerprint density at radius 1 is 1.10 bits per heavy atom. The molecule has 2 aliphatic rings. The van der Waals surface area contributed by atoms with E-state index in [4.69, 9.17) is 5.73 Å². The summed E-state index contributed by atoms with van der Waals surface area (Å²) in [6.07, 6.45) is 7.68. The van der Waals surface area contributed by atoms with Crippen LogP contribution in [0.4, 0.5) is 5.69 Å². The number of rotatable bonds is 2. The molecule has 0 spiro atoms. The first-order valence-electron chi connectivity index (χ1n) is 8.16. The van der Waals surface area contributed by atoms with Crippen LogP contribution in [0.25, 0.3) is 0 Å². The molecule has 1 atom stereocenters. The van der Waals surface area contributed by atoms with Gasteiger partial charge in [-0.05, 0) is 42.7 Å². The number of anilines is 1. The zero-order chi connectivity index (χ0) is 14.2. The van der Waals surface area contributed by atoms with E-state index in [1.54, 1.807) is 0 Å². The van der Waals surface area contributed by atoms with Crippen molar-refractivity contribution in [3.8, 4) is 0 Å². The molecule has 110 valence electrons. The van der Waals surface area contributed by atoms with Crippen molar-refractivity contribution in [2.45, 2.75) is 57.9 Å². The molecule has 0 radical (unpaired) electrons. The number of benzene rings is 1. The van der Waals surface area contributed by atoms with Gasteiger partial charge in [-0.15, -0.1) is 0 Å². The van der Waals surface area contributed by atoms with Gasteiger partial charge in [-0.3, -0.25) is 0 Å². The Kier molecular flexibility index (Phi) is 3.53. The summed E-state index contributed by atoms with van der Waals surface area (Å²) in [5.41, 5.74) is 9.75. The largest absolute Gasteiger partial charge is 0.364 e. The molecule has 1 aromatic carbocycles. The van der Waals surface area contributed by atoms with E-state index < -0.39 is 0 Å². The van der Waals surface area contributed by atoms with Gasteiger partial charge >= 0.3 is 0 Å². The summed E-state index contributed by atoms with van der Waals surface area (Å²) in [4.78, 5) is 2.67. The maximum atomic E-state index is 6.36. The van der Waals surface area contributed by atoms with Crippen molar-refractivity contribution in [3.63, 3.8) is 0 Å². The average molecular weight is 272 g/mol. The minimum atomic E-state index is 0.141. The molecule has 2 nitrogen and oxygen atoms in total. The summed E-state index contributed by atoms with van der Waals surface area (Å²) in [5, 5.41) is 0. The number of para-hydroxylation sites is 1. The SMILES string of the molecule is CC1(C)CCCCC1(CN)N1CCCc2ccccc21. The Morgan fingerprint density at radius 2 is 1.85 bits per heavy atom. The highest BCUT2D eigenvalue weighted by atomic mass is 15.2. The lowest BCUT2D eigenvalue weighted by molar-refractivity contribution is 0.0945. The third-order valence-corrected chi connectivity index (χ3v) is 5.87. The third-order valence-electron chi connectivity index (χ3n) is 5.87. The Morgan fingerprint density at radius 3 is 2.60 bits per heavy atom. The van der Waals surface area contributed by atoms with Crippen molar-refractivity contribution in [2.24, 2.45) is 11.1 Å². The van der Waals surface area contributed by atoms with E-state index in [0.717, 1.165) is 13.1 Å². The summed E-state index contributed by atoms with van der Waals surface area (Å²) < 4.78 is 0. The molecule has 0 bridgehead atoms. The Hall–Kier alpha value is -1.02. The highest BCUT2D eigenvalue weighted by molar-refractivity contribution is 5.58. The molecular weight excluding hydrogens is 244 g/mol. The van der Waals surface area contributed by atoms with Crippen molar-refractivity contribution >= 4 is 5.69 Å². The Bertz CT molecular complexity index is 480. The third kappa shape index (κ3) is 1.96. The van der Waals surface area contributed by atoms with Gasteiger partial charge in [0.1, 0.15) is 0 Å². The van der Waals surface area contributed by atoms with Crippen molar-refractivity contribution in [3.05, 3.63) is 29.8 Å². The fourth-order valence-electron chi connectivity index (χ4n) is 4.52. The number of fused-ring (bicyclic) bond motifs is 1. The fraction of sp³-hybridized carbons (Fsp3) is 0.667. The smallest absolute Gasteiger partial charge is 0.0574 e. The van der Waals surface area contributed by atoms with Crippen LogP contribution in [-0.2, 0) is 6.42 Å². The quantitative estimate of drug-likeness (QED) is 0.888. The van der Waals surface area contributed by atoms with E-state index >= 15 is 0 Å². The van der Waals surface area contributed by atoms with Crippen molar-refractivity contribution in [2.75, 3.05) is 18.0 Å². The topological polar surface area (TPSA) is 29.3 Å². The Labute approximate surface area is 123 Å². The van der Waals surface area contributed by atoms with Crippen LogP contribution in [0.1, 0.15) is 51.5 Å². The van der Waals surface area contributed by atoms with E-state index in [0.29, 0.717) is 5.41 Å². The lowest BCUT2D eigenvalue weighted by Gasteiger charge is -2.58. The van der Waals surface area contributed by atoms with Crippen molar-refractivity contribution in [1.29, 1.82) is 0 Å². The van der Waals surface area contributed by atoms with Crippen LogP contribution in [0.3, 0.4) is 0 Å². The maximum Gasteiger partial charge on any atom is 0.0574 e. The van der Waals surface area contributed by atoms with Crippen LogP contribution in [0.5, 0.6) is 0 Å².